The van der Waals surface area contributed by atoms with Crippen LogP contribution >= 0.6 is 11.3 Å². The summed E-state index contributed by atoms with van der Waals surface area (Å²) in [6.45, 7) is 2.45. The number of urea groups is 1. The van der Waals surface area contributed by atoms with Crippen molar-refractivity contribution in [2.45, 2.75) is 38.3 Å². The molecule has 1 saturated carbocycles. The molecule has 2 rings (SSSR count). The van der Waals surface area contributed by atoms with Crippen molar-refractivity contribution in [1.29, 1.82) is 0 Å². The van der Waals surface area contributed by atoms with E-state index in [0.29, 0.717) is 19.0 Å². The molecule has 2 amide bonds. The van der Waals surface area contributed by atoms with Gasteiger partial charge in [0.25, 0.3) is 0 Å². The lowest BCUT2D eigenvalue weighted by Gasteiger charge is -2.18. The van der Waals surface area contributed by atoms with Gasteiger partial charge in [-0.25, -0.2) is 9.78 Å². The number of aromatic nitrogens is 1. The van der Waals surface area contributed by atoms with Crippen LogP contribution in [-0.4, -0.2) is 40.7 Å². The van der Waals surface area contributed by atoms with Crippen LogP contribution in [-0.2, 0) is 6.54 Å². The average molecular weight is 269 g/mol. The first-order valence-corrected chi connectivity index (χ1v) is 7.05. The Morgan fingerprint density at radius 2 is 2.44 bits per heavy atom. The van der Waals surface area contributed by atoms with Crippen molar-refractivity contribution in [3.8, 4) is 0 Å². The largest absolute Gasteiger partial charge is 0.392 e. The van der Waals surface area contributed by atoms with Crippen molar-refractivity contribution in [3.05, 3.63) is 16.1 Å². The van der Waals surface area contributed by atoms with E-state index >= 15 is 0 Å². The highest BCUT2D eigenvalue weighted by molar-refractivity contribution is 7.09. The minimum Gasteiger partial charge on any atom is -0.392 e. The molecule has 1 unspecified atom stereocenters. The first-order valence-electron chi connectivity index (χ1n) is 6.17. The van der Waals surface area contributed by atoms with E-state index in [1.54, 1.807) is 25.3 Å². The smallest absolute Gasteiger partial charge is 0.317 e. The Morgan fingerprint density at radius 3 is 3.06 bits per heavy atom. The van der Waals surface area contributed by atoms with Gasteiger partial charge in [-0.2, -0.15) is 0 Å². The molecule has 1 aliphatic rings. The standard InChI is InChI=1S/C12H19N3O2S/c1-8(16)6-15(2)12(17)13-5-11-14-10(7-18-11)9-3-4-9/h7-9,16H,3-6H2,1-2H3,(H,13,17). The number of hydrogen-bond donors (Lipinski definition) is 2. The molecule has 0 spiro atoms. The predicted octanol–water partition coefficient (Wildman–Crippen LogP) is 1.54. The van der Waals surface area contributed by atoms with Gasteiger partial charge in [0.15, 0.2) is 0 Å². The van der Waals surface area contributed by atoms with Crippen LogP contribution < -0.4 is 5.32 Å². The van der Waals surface area contributed by atoms with Crippen molar-refractivity contribution in [2.75, 3.05) is 13.6 Å². The molecule has 2 N–H and O–H groups in total. The van der Waals surface area contributed by atoms with Gasteiger partial charge in [-0.1, -0.05) is 0 Å². The van der Waals surface area contributed by atoms with Crippen molar-refractivity contribution in [3.63, 3.8) is 0 Å². The van der Waals surface area contributed by atoms with Crippen LogP contribution in [0.4, 0.5) is 4.79 Å². The topological polar surface area (TPSA) is 65.5 Å². The third-order valence-electron chi connectivity index (χ3n) is 2.84. The first-order chi connectivity index (χ1) is 8.56. The molecular weight excluding hydrogens is 250 g/mol. The van der Waals surface area contributed by atoms with E-state index < -0.39 is 6.10 Å². The molecule has 18 heavy (non-hydrogen) atoms. The molecule has 0 saturated heterocycles. The summed E-state index contributed by atoms with van der Waals surface area (Å²) in [6.07, 6.45) is 1.97. The van der Waals surface area contributed by atoms with Gasteiger partial charge in [0.1, 0.15) is 5.01 Å². The van der Waals surface area contributed by atoms with Crippen LogP contribution in [0.1, 0.15) is 36.4 Å². The zero-order valence-electron chi connectivity index (χ0n) is 10.7. The fourth-order valence-corrected chi connectivity index (χ4v) is 2.55. The maximum Gasteiger partial charge on any atom is 0.317 e. The molecule has 0 aliphatic heterocycles. The van der Waals surface area contributed by atoms with E-state index in [4.69, 9.17) is 0 Å². The van der Waals surface area contributed by atoms with Gasteiger partial charge in [0.05, 0.1) is 18.3 Å². The second-order valence-corrected chi connectivity index (χ2v) is 5.77. The highest BCUT2D eigenvalue weighted by Gasteiger charge is 2.26. The molecule has 1 heterocycles. The van der Waals surface area contributed by atoms with Gasteiger partial charge in [-0.3, -0.25) is 0 Å². The minimum atomic E-state index is -0.512. The number of aliphatic hydroxyl groups excluding tert-OH is 1. The zero-order valence-corrected chi connectivity index (χ0v) is 11.5. The summed E-state index contributed by atoms with van der Waals surface area (Å²) in [5.74, 6) is 0.656. The predicted molar refractivity (Wildman–Crippen MR) is 70.6 cm³/mol. The fourth-order valence-electron chi connectivity index (χ4n) is 1.74. The summed E-state index contributed by atoms with van der Waals surface area (Å²) in [7, 11) is 1.67. The lowest BCUT2D eigenvalue weighted by Crippen LogP contribution is -2.40. The van der Waals surface area contributed by atoms with E-state index in [1.165, 1.54) is 23.4 Å². The monoisotopic (exact) mass is 269 g/mol. The molecule has 1 aromatic heterocycles. The number of hydrogen-bond acceptors (Lipinski definition) is 4. The summed E-state index contributed by atoms with van der Waals surface area (Å²) in [6, 6.07) is -0.181. The normalized spacial score (nSPS) is 16.4. The van der Waals surface area contributed by atoms with E-state index in [-0.39, 0.29) is 6.03 Å². The first kappa shape index (κ1) is 13.3. The molecule has 1 atom stereocenters. The molecule has 1 aliphatic carbocycles. The summed E-state index contributed by atoms with van der Waals surface area (Å²) < 4.78 is 0. The van der Waals surface area contributed by atoms with Gasteiger partial charge in [0.2, 0.25) is 0 Å². The van der Waals surface area contributed by atoms with Crippen molar-refractivity contribution >= 4 is 17.4 Å². The fraction of sp³-hybridized carbons (Fsp3) is 0.667. The number of aliphatic hydroxyl groups is 1. The van der Waals surface area contributed by atoms with Gasteiger partial charge in [-0.15, -0.1) is 11.3 Å². The van der Waals surface area contributed by atoms with E-state index in [2.05, 4.69) is 15.7 Å². The molecule has 0 bridgehead atoms. The van der Waals surface area contributed by atoms with Crippen molar-refractivity contribution in [1.82, 2.24) is 15.2 Å². The Balaban J connectivity index is 1.77. The van der Waals surface area contributed by atoms with E-state index in [9.17, 15) is 9.90 Å². The van der Waals surface area contributed by atoms with Crippen LogP contribution in [0.15, 0.2) is 5.38 Å². The van der Waals surface area contributed by atoms with Crippen molar-refractivity contribution < 1.29 is 9.90 Å². The Morgan fingerprint density at radius 1 is 1.72 bits per heavy atom. The van der Waals surface area contributed by atoms with Crippen LogP contribution in [0.25, 0.3) is 0 Å². The number of thiazole rings is 1. The van der Waals surface area contributed by atoms with Gasteiger partial charge in [-0.05, 0) is 19.8 Å². The summed E-state index contributed by atoms with van der Waals surface area (Å²) >= 11 is 1.59. The average Bonchev–Trinajstić information content (AvgIpc) is 3.05. The van der Waals surface area contributed by atoms with E-state index in [0.717, 1.165) is 5.01 Å². The quantitative estimate of drug-likeness (QED) is 0.852. The van der Waals surface area contributed by atoms with Crippen LogP contribution in [0.3, 0.4) is 0 Å². The SMILES string of the molecule is CC(O)CN(C)C(=O)NCc1nc(C2CC2)cs1. The Kier molecular flexibility index (Phi) is 4.19. The molecule has 6 heteroatoms. The third kappa shape index (κ3) is 3.68. The number of amides is 2. The number of nitrogens with zero attached hydrogens (tertiary/aromatic N) is 2. The molecule has 0 aromatic carbocycles. The van der Waals surface area contributed by atoms with Crippen LogP contribution in [0.2, 0.25) is 0 Å². The van der Waals surface area contributed by atoms with Gasteiger partial charge in [0, 0.05) is 24.9 Å². The van der Waals surface area contributed by atoms with E-state index in [1.807, 2.05) is 0 Å². The van der Waals surface area contributed by atoms with Gasteiger partial charge < -0.3 is 15.3 Å². The lowest BCUT2D eigenvalue weighted by molar-refractivity contribution is 0.143. The van der Waals surface area contributed by atoms with Crippen LogP contribution in [0.5, 0.6) is 0 Å². The molecule has 0 radical (unpaired) electrons. The maximum atomic E-state index is 11.7. The lowest BCUT2D eigenvalue weighted by atomic mass is 10.3. The number of carbonyl (C=O) groups excluding carboxylic acids is 1. The van der Waals surface area contributed by atoms with Crippen LogP contribution in [0, 0.1) is 0 Å². The second kappa shape index (κ2) is 5.67. The Labute approximate surface area is 111 Å². The Bertz CT molecular complexity index is 415. The molecule has 5 nitrogen and oxygen atoms in total. The summed E-state index contributed by atoms with van der Waals surface area (Å²) in [5, 5.41) is 15.0. The maximum absolute atomic E-state index is 11.7. The van der Waals surface area contributed by atoms with Crippen molar-refractivity contribution in [2.24, 2.45) is 0 Å². The third-order valence-corrected chi connectivity index (χ3v) is 3.71. The highest BCUT2D eigenvalue weighted by atomic mass is 32.1. The zero-order chi connectivity index (χ0) is 13.1. The van der Waals surface area contributed by atoms with Gasteiger partial charge >= 0.3 is 6.03 Å². The summed E-state index contributed by atoms with van der Waals surface area (Å²) in [5.41, 5.74) is 1.17. The number of rotatable bonds is 5. The summed E-state index contributed by atoms with van der Waals surface area (Å²) in [4.78, 5) is 17.7. The minimum absolute atomic E-state index is 0.181. The molecule has 100 valence electrons. The number of nitrogens with one attached hydrogen (secondary N) is 1. The molecular formula is C12H19N3O2S. The molecule has 1 aromatic rings. The second-order valence-electron chi connectivity index (χ2n) is 4.83. The Hall–Kier alpha value is -1.14. The number of carbonyl (C=O) groups is 1. The number of likely N-dealkylation sites (N-methyl/N-ethyl adjacent to an activating group) is 1. The highest BCUT2D eigenvalue weighted by Crippen LogP contribution is 2.40. The molecule has 1 fully saturated rings.